The highest BCUT2D eigenvalue weighted by Gasteiger charge is 2.06. The highest BCUT2D eigenvalue weighted by molar-refractivity contribution is 14.0. The first kappa shape index (κ1) is 22.1. The number of fused-ring (bicyclic) bond motifs is 1. The number of aliphatic imine (C=N–C) groups is 1. The summed E-state index contributed by atoms with van der Waals surface area (Å²) in [6.07, 6.45) is 1.96. The molecule has 0 radical (unpaired) electrons. The number of nitrogens with one attached hydrogen (secondary N) is 2. The fourth-order valence-corrected chi connectivity index (χ4v) is 2.88. The summed E-state index contributed by atoms with van der Waals surface area (Å²) in [5.41, 5.74) is 3.33. The van der Waals surface area contributed by atoms with Gasteiger partial charge in [0.05, 0.1) is 13.1 Å². The molecule has 0 saturated carbocycles. The Morgan fingerprint density at radius 2 is 1.89 bits per heavy atom. The molecule has 0 unspecified atom stereocenters. The van der Waals surface area contributed by atoms with E-state index in [1.165, 1.54) is 11.1 Å². The van der Waals surface area contributed by atoms with E-state index < -0.39 is 0 Å². The Labute approximate surface area is 183 Å². The summed E-state index contributed by atoms with van der Waals surface area (Å²) in [4.78, 5) is 6.87. The molecule has 3 rings (SSSR count). The van der Waals surface area contributed by atoms with E-state index in [2.05, 4.69) is 71.0 Å². The Bertz CT molecular complexity index is 904. The molecule has 0 aliphatic carbocycles. The molecule has 0 amide bonds. The standard InChI is InChI=1S/C20H27N7.HI/c1-4-21-20(22-13-16-8-7-9-17(12-16)15-26(2)3)23-14-19-25-24-18-10-5-6-11-27(18)19;/h5-12H,4,13-15H2,1-3H3,(H2,21,22,23);1H. The van der Waals surface area contributed by atoms with Crippen LogP contribution in [0.3, 0.4) is 0 Å². The monoisotopic (exact) mass is 493 g/mol. The highest BCUT2D eigenvalue weighted by atomic mass is 127. The average molecular weight is 493 g/mol. The van der Waals surface area contributed by atoms with Crippen molar-refractivity contribution in [2.75, 3.05) is 20.6 Å². The van der Waals surface area contributed by atoms with Crippen LogP contribution in [0, 0.1) is 0 Å². The molecular formula is C20H28IN7. The molecule has 3 aromatic rings. The average Bonchev–Trinajstić information content (AvgIpc) is 3.07. The third kappa shape index (κ3) is 6.16. The van der Waals surface area contributed by atoms with Gasteiger partial charge in [0.25, 0.3) is 0 Å². The van der Waals surface area contributed by atoms with Crippen molar-refractivity contribution in [3.63, 3.8) is 0 Å². The van der Waals surface area contributed by atoms with E-state index in [-0.39, 0.29) is 24.0 Å². The molecule has 8 heteroatoms. The minimum absolute atomic E-state index is 0. The molecule has 7 nitrogen and oxygen atoms in total. The van der Waals surface area contributed by atoms with Crippen LogP contribution < -0.4 is 10.6 Å². The molecule has 28 heavy (non-hydrogen) atoms. The largest absolute Gasteiger partial charge is 0.357 e. The van der Waals surface area contributed by atoms with Gasteiger partial charge < -0.3 is 15.5 Å². The van der Waals surface area contributed by atoms with Gasteiger partial charge in [-0.05, 0) is 44.3 Å². The number of nitrogens with zero attached hydrogens (tertiary/aromatic N) is 5. The van der Waals surface area contributed by atoms with Gasteiger partial charge in [0, 0.05) is 19.3 Å². The Morgan fingerprint density at radius 1 is 1.07 bits per heavy atom. The third-order valence-corrected chi connectivity index (χ3v) is 4.05. The van der Waals surface area contributed by atoms with Gasteiger partial charge in [-0.1, -0.05) is 30.3 Å². The van der Waals surface area contributed by atoms with Crippen LogP contribution in [0.4, 0.5) is 0 Å². The molecular weight excluding hydrogens is 465 g/mol. The molecule has 2 N–H and O–H groups in total. The first-order valence-corrected chi connectivity index (χ1v) is 9.19. The Balaban J connectivity index is 0.00000280. The number of halogens is 1. The summed E-state index contributed by atoms with van der Waals surface area (Å²) < 4.78 is 1.97. The van der Waals surface area contributed by atoms with Crippen LogP contribution in [0.1, 0.15) is 23.9 Å². The number of benzene rings is 1. The lowest BCUT2D eigenvalue weighted by Gasteiger charge is -2.12. The zero-order chi connectivity index (χ0) is 19.1. The molecule has 0 aliphatic heterocycles. The van der Waals surface area contributed by atoms with Crippen LogP contribution >= 0.6 is 24.0 Å². The zero-order valence-corrected chi connectivity index (χ0v) is 18.9. The van der Waals surface area contributed by atoms with Crippen molar-refractivity contribution < 1.29 is 0 Å². The number of aromatic nitrogens is 3. The second kappa shape index (κ2) is 11.0. The summed E-state index contributed by atoms with van der Waals surface area (Å²) in [5, 5.41) is 15.0. The summed E-state index contributed by atoms with van der Waals surface area (Å²) in [6.45, 7) is 4.96. The lowest BCUT2D eigenvalue weighted by atomic mass is 10.1. The molecule has 0 fully saturated rings. The van der Waals surface area contributed by atoms with Crippen molar-refractivity contribution in [3.8, 4) is 0 Å². The van der Waals surface area contributed by atoms with E-state index >= 15 is 0 Å². The third-order valence-electron chi connectivity index (χ3n) is 4.05. The van der Waals surface area contributed by atoms with Gasteiger partial charge in [-0.15, -0.1) is 34.2 Å². The van der Waals surface area contributed by atoms with Gasteiger partial charge in [0.2, 0.25) is 0 Å². The Hall–Kier alpha value is -2.20. The van der Waals surface area contributed by atoms with Gasteiger partial charge in [-0.2, -0.15) is 0 Å². The molecule has 1 aromatic carbocycles. The maximum absolute atomic E-state index is 4.71. The smallest absolute Gasteiger partial charge is 0.191 e. The number of rotatable bonds is 7. The highest BCUT2D eigenvalue weighted by Crippen LogP contribution is 2.08. The fraction of sp³-hybridized carbons (Fsp3) is 0.350. The van der Waals surface area contributed by atoms with Crippen LogP contribution in [0.25, 0.3) is 5.65 Å². The molecule has 150 valence electrons. The number of guanidine groups is 1. The number of pyridine rings is 1. The lowest BCUT2D eigenvalue weighted by Crippen LogP contribution is -2.37. The summed E-state index contributed by atoms with van der Waals surface area (Å²) in [7, 11) is 4.15. The predicted octanol–water partition coefficient (Wildman–Crippen LogP) is 2.66. The first-order valence-electron chi connectivity index (χ1n) is 9.19. The minimum Gasteiger partial charge on any atom is -0.357 e. The second-order valence-electron chi connectivity index (χ2n) is 6.65. The van der Waals surface area contributed by atoms with Crippen molar-refractivity contribution in [1.82, 2.24) is 30.1 Å². The minimum atomic E-state index is 0. The van der Waals surface area contributed by atoms with E-state index in [0.717, 1.165) is 30.5 Å². The van der Waals surface area contributed by atoms with Crippen LogP contribution in [-0.2, 0) is 19.6 Å². The van der Waals surface area contributed by atoms with Crippen molar-refractivity contribution in [3.05, 3.63) is 65.6 Å². The van der Waals surface area contributed by atoms with E-state index in [9.17, 15) is 0 Å². The van der Waals surface area contributed by atoms with E-state index in [1.54, 1.807) is 0 Å². The maximum Gasteiger partial charge on any atom is 0.191 e. The van der Waals surface area contributed by atoms with Gasteiger partial charge in [-0.25, -0.2) is 4.99 Å². The molecule has 0 saturated heterocycles. The lowest BCUT2D eigenvalue weighted by molar-refractivity contribution is 0.402. The van der Waals surface area contributed by atoms with Crippen molar-refractivity contribution in [1.29, 1.82) is 0 Å². The fourth-order valence-electron chi connectivity index (χ4n) is 2.88. The number of hydrogen-bond donors (Lipinski definition) is 2. The van der Waals surface area contributed by atoms with Gasteiger partial charge in [-0.3, -0.25) is 4.40 Å². The zero-order valence-electron chi connectivity index (χ0n) is 16.6. The van der Waals surface area contributed by atoms with E-state index in [1.807, 2.05) is 28.8 Å². The maximum atomic E-state index is 4.71. The molecule has 0 bridgehead atoms. The molecule has 0 spiro atoms. The predicted molar refractivity (Wildman–Crippen MR) is 124 cm³/mol. The van der Waals surface area contributed by atoms with E-state index in [4.69, 9.17) is 4.99 Å². The number of hydrogen-bond acceptors (Lipinski definition) is 4. The van der Waals surface area contributed by atoms with Crippen LogP contribution in [-0.4, -0.2) is 46.1 Å². The van der Waals surface area contributed by atoms with Crippen molar-refractivity contribution in [2.45, 2.75) is 26.6 Å². The normalized spacial score (nSPS) is 11.5. The topological polar surface area (TPSA) is 69.8 Å². The second-order valence-corrected chi connectivity index (χ2v) is 6.65. The Morgan fingerprint density at radius 3 is 2.68 bits per heavy atom. The van der Waals surface area contributed by atoms with Crippen LogP contribution in [0.2, 0.25) is 0 Å². The molecule has 0 aliphatic rings. The summed E-state index contributed by atoms with van der Waals surface area (Å²) in [6, 6.07) is 14.4. The van der Waals surface area contributed by atoms with Crippen LogP contribution in [0.5, 0.6) is 0 Å². The van der Waals surface area contributed by atoms with Crippen LogP contribution in [0.15, 0.2) is 53.7 Å². The SMILES string of the molecule is CCNC(=NCc1cccc(CN(C)C)c1)NCc1nnc2ccccn12.I. The molecule has 0 atom stereocenters. The molecule has 2 aromatic heterocycles. The summed E-state index contributed by atoms with van der Waals surface area (Å²) in [5.74, 6) is 1.62. The first-order chi connectivity index (χ1) is 13.2. The van der Waals surface area contributed by atoms with E-state index in [0.29, 0.717) is 13.1 Å². The van der Waals surface area contributed by atoms with Crippen molar-refractivity contribution in [2.24, 2.45) is 4.99 Å². The van der Waals surface area contributed by atoms with Gasteiger partial charge in [0.1, 0.15) is 0 Å². The van der Waals surface area contributed by atoms with Gasteiger partial charge in [0.15, 0.2) is 17.4 Å². The van der Waals surface area contributed by atoms with Crippen molar-refractivity contribution >= 4 is 35.6 Å². The summed E-state index contributed by atoms with van der Waals surface area (Å²) >= 11 is 0. The molecule has 2 heterocycles. The van der Waals surface area contributed by atoms with Gasteiger partial charge >= 0.3 is 0 Å². The quantitative estimate of drug-likeness (QED) is 0.301. The Kier molecular flexibility index (Phi) is 8.65.